The van der Waals surface area contributed by atoms with Crippen molar-refractivity contribution in [3.63, 3.8) is 0 Å². The minimum absolute atomic E-state index is 0.0575. The number of rotatable bonds is 7. The number of ketones is 1. The molecule has 29 heavy (non-hydrogen) atoms. The maximum Gasteiger partial charge on any atom is 0.235 e. The van der Waals surface area contributed by atoms with Crippen molar-refractivity contribution in [3.8, 4) is 23.0 Å². The molecule has 4 aromatic rings. The third-order valence-electron chi connectivity index (χ3n) is 4.34. The summed E-state index contributed by atoms with van der Waals surface area (Å²) in [4.78, 5) is 25.5. The Kier molecular flexibility index (Phi) is 5.16. The molecular formula is C23H18O6. The van der Waals surface area contributed by atoms with Crippen LogP contribution in [-0.2, 0) is 0 Å². The Morgan fingerprint density at radius 2 is 1.76 bits per heavy atom. The van der Waals surface area contributed by atoms with Gasteiger partial charge in [0.25, 0.3) is 0 Å². The Morgan fingerprint density at radius 1 is 0.966 bits per heavy atom. The monoisotopic (exact) mass is 390 g/mol. The molecule has 0 saturated carbocycles. The van der Waals surface area contributed by atoms with Gasteiger partial charge >= 0.3 is 0 Å². The first-order valence-corrected chi connectivity index (χ1v) is 9.16. The Balaban J connectivity index is 1.65. The minimum atomic E-state index is -0.363. The average molecular weight is 390 g/mol. The van der Waals surface area contributed by atoms with Crippen molar-refractivity contribution in [2.75, 3.05) is 13.2 Å². The van der Waals surface area contributed by atoms with Crippen LogP contribution in [0.5, 0.6) is 11.5 Å². The zero-order valence-corrected chi connectivity index (χ0v) is 15.7. The van der Waals surface area contributed by atoms with Crippen LogP contribution in [0, 0.1) is 0 Å². The molecule has 146 valence electrons. The summed E-state index contributed by atoms with van der Waals surface area (Å²) in [5.74, 6) is 0.846. The fraction of sp³-hybridized carbons (Fsp3) is 0.130. The normalized spacial score (nSPS) is 10.8. The van der Waals surface area contributed by atoms with Crippen LogP contribution in [0.3, 0.4) is 0 Å². The highest BCUT2D eigenvalue weighted by Crippen LogP contribution is 2.31. The van der Waals surface area contributed by atoms with Crippen molar-refractivity contribution in [2.45, 2.75) is 6.92 Å². The largest absolute Gasteiger partial charge is 0.494 e. The van der Waals surface area contributed by atoms with Gasteiger partial charge in [0.15, 0.2) is 18.2 Å². The third kappa shape index (κ3) is 3.78. The van der Waals surface area contributed by atoms with Crippen LogP contribution in [0.1, 0.15) is 17.3 Å². The summed E-state index contributed by atoms with van der Waals surface area (Å²) in [6.07, 6.45) is 1.47. The molecule has 0 saturated heterocycles. The predicted molar refractivity (Wildman–Crippen MR) is 108 cm³/mol. The van der Waals surface area contributed by atoms with Crippen molar-refractivity contribution in [3.05, 3.63) is 82.7 Å². The number of carbonyl (C=O) groups excluding carboxylic acids is 1. The smallest absolute Gasteiger partial charge is 0.235 e. The van der Waals surface area contributed by atoms with Crippen LogP contribution in [0.4, 0.5) is 0 Å². The predicted octanol–water partition coefficient (Wildman–Crippen LogP) is 4.71. The number of benzene rings is 2. The van der Waals surface area contributed by atoms with Crippen molar-refractivity contribution < 1.29 is 23.1 Å². The quantitative estimate of drug-likeness (QED) is 0.425. The van der Waals surface area contributed by atoms with Gasteiger partial charge in [-0.1, -0.05) is 12.1 Å². The molecule has 0 amide bonds. The summed E-state index contributed by atoms with van der Waals surface area (Å²) in [6, 6.07) is 16.9. The maximum absolute atomic E-state index is 13.0. The lowest BCUT2D eigenvalue weighted by Crippen LogP contribution is -2.17. The summed E-state index contributed by atoms with van der Waals surface area (Å²) in [5, 5.41) is 0.367. The van der Waals surface area contributed by atoms with E-state index in [1.54, 1.807) is 60.7 Å². The average Bonchev–Trinajstić information content (AvgIpc) is 3.28. The summed E-state index contributed by atoms with van der Waals surface area (Å²) < 4.78 is 22.3. The first-order valence-electron chi connectivity index (χ1n) is 9.16. The molecule has 6 heteroatoms. The molecule has 0 aliphatic heterocycles. The van der Waals surface area contributed by atoms with Gasteiger partial charge < -0.3 is 18.3 Å². The van der Waals surface area contributed by atoms with Crippen LogP contribution in [0.25, 0.3) is 22.5 Å². The lowest BCUT2D eigenvalue weighted by molar-refractivity contribution is 0.0920. The van der Waals surface area contributed by atoms with Crippen molar-refractivity contribution in [1.82, 2.24) is 0 Å². The summed E-state index contributed by atoms with van der Waals surface area (Å²) in [6.45, 7) is 2.12. The molecule has 6 nitrogen and oxygen atoms in total. The Bertz CT molecular complexity index is 1190. The minimum Gasteiger partial charge on any atom is -0.494 e. The molecule has 0 aliphatic carbocycles. The van der Waals surface area contributed by atoms with E-state index in [1.807, 2.05) is 6.92 Å². The van der Waals surface area contributed by atoms with E-state index >= 15 is 0 Å². The molecule has 0 N–H and O–H groups in total. The maximum atomic E-state index is 13.0. The molecule has 2 aromatic heterocycles. The molecule has 0 atom stereocenters. The molecule has 0 aliphatic rings. The van der Waals surface area contributed by atoms with Crippen LogP contribution < -0.4 is 14.9 Å². The third-order valence-corrected chi connectivity index (χ3v) is 4.34. The number of hydrogen-bond donors (Lipinski definition) is 0. The van der Waals surface area contributed by atoms with Crippen molar-refractivity contribution in [2.24, 2.45) is 0 Å². The number of para-hydroxylation sites is 1. The second kappa shape index (κ2) is 8.06. The van der Waals surface area contributed by atoms with E-state index in [-0.39, 0.29) is 29.3 Å². The van der Waals surface area contributed by atoms with E-state index in [0.29, 0.717) is 34.6 Å². The molecule has 0 fully saturated rings. The molecule has 2 heterocycles. The summed E-state index contributed by atoms with van der Waals surface area (Å²) in [7, 11) is 0. The van der Waals surface area contributed by atoms with E-state index in [9.17, 15) is 9.59 Å². The molecule has 0 unspecified atom stereocenters. The van der Waals surface area contributed by atoms with Gasteiger partial charge in [-0.05, 0) is 55.5 Å². The van der Waals surface area contributed by atoms with Gasteiger partial charge in [-0.15, -0.1) is 0 Å². The summed E-state index contributed by atoms with van der Waals surface area (Å²) >= 11 is 0. The van der Waals surface area contributed by atoms with Gasteiger partial charge in [0.2, 0.25) is 16.9 Å². The fourth-order valence-corrected chi connectivity index (χ4v) is 2.95. The molecule has 0 radical (unpaired) electrons. The standard InChI is InChI=1S/C23H18O6/c1-2-26-16-11-9-15(10-12-16)18(24)14-28-23-21(25)17-6-3-4-7-19(17)29-22(23)20-8-5-13-27-20/h3-13H,2,14H2,1H3. The topological polar surface area (TPSA) is 78.9 Å². The second-order valence-electron chi connectivity index (χ2n) is 6.23. The highest BCUT2D eigenvalue weighted by atomic mass is 16.5. The van der Waals surface area contributed by atoms with E-state index in [4.69, 9.17) is 18.3 Å². The molecule has 2 aromatic carbocycles. The van der Waals surface area contributed by atoms with E-state index in [1.165, 1.54) is 6.26 Å². The number of carbonyl (C=O) groups is 1. The van der Waals surface area contributed by atoms with Crippen molar-refractivity contribution >= 4 is 16.8 Å². The Labute approximate surface area is 166 Å². The second-order valence-corrected chi connectivity index (χ2v) is 6.23. The number of fused-ring (bicyclic) bond motifs is 1. The molecular weight excluding hydrogens is 372 g/mol. The van der Waals surface area contributed by atoms with E-state index in [0.717, 1.165) is 0 Å². The van der Waals surface area contributed by atoms with Gasteiger partial charge in [0.1, 0.15) is 11.3 Å². The zero-order chi connectivity index (χ0) is 20.2. The van der Waals surface area contributed by atoms with Crippen LogP contribution in [0.15, 0.2) is 80.6 Å². The Morgan fingerprint density at radius 3 is 2.48 bits per heavy atom. The van der Waals surface area contributed by atoms with Gasteiger partial charge in [-0.3, -0.25) is 9.59 Å². The number of furan rings is 1. The molecule has 0 spiro atoms. The SMILES string of the molecule is CCOc1ccc(C(=O)COc2c(-c3ccco3)oc3ccccc3c2=O)cc1. The van der Waals surface area contributed by atoms with Crippen LogP contribution in [0.2, 0.25) is 0 Å². The van der Waals surface area contributed by atoms with Crippen molar-refractivity contribution in [1.29, 1.82) is 0 Å². The number of Topliss-reactive ketones (excluding diaryl/α,β-unsaturated/α-hetero) is 1. The zero-order valence-electron chi connectivity index (χ0n) is 15.7. The number of hydrogen-bond acceptors (Lipinski definition) is 6. The first kappa shape index (κ1) is 18.6. The van der Waals surface area contributed by atoms with E-state index < -0.39 is 0 Å². The highest BCUT2D eigenvalue weighted by Gasteiger charge is 2.20. The number of ether oxygens (including phenoxy) is 2. The van der Waals surface area contributed by atoms with Gasteiger partial charge in [0.05, 0.1) is 18.3 Å². The molecule has 4 rings (SSSR count). The van der Waals surface area contributed by atoms with E-state index in [2.05, 4.69) is 0 Å². The first-order chi connectivity index (χ1) is 14.2. The lowest BCUT2D eigenvalue weighted by atomic mass is 10.1. The Hall–Kier alpha value is -3.80. The van der Waals surface area contributed by atoms with Gasteiger partial charge in [0, 0.05) is 5.56 Å². The summed E-state index contributed by atoms with van der Waals surface area (Å²) in [5.41, 5.74) is 0.505. The van der Waals surface area contributed by atoms with Crippen LogP contribution in [-0.4, -0.2) is 19.0 Å². The molecule has 0 bridgehead atoms. The highest BCUT2D eigenvalue weighted by molar-refractivity contribution is 5.97. The van der Waals surface area contributed by atoms with Crippen LogP contribution >= 0.6 is 0 Å². The van der Waals surface area contributed by atoms with Gasteiger partial charge in [-0.2, -0.15) is 0 Å². The van der Waals surface area contributed by atoms with Gasteiger partial charge in [-0.25, -0.2) is 0 Å². The lowest BCUT2D eigenvalue weighted by Gasteiger charge is -2.10. The fourth-order valence-electron chi connectivity index (χ4n) is 2.95.